The summed E-state index contributed by atoms with van der Waals surface area (Å²) in [5, 5.41) is 0.758. The summed E-state index contributed by atoms with van der Waals surface area (Å²) in [5.74, 6) is -0.0998. The second kappa shape index (κ2) is 4.33. The van der Waals surface area contributed by atoms with Crippen molar-refractivity contribution in [2.75, 3.05) is 5.73 Å². The zero-order valence-corrected chi connectivity index (χ0v) is 10.6. The number of nitrogens with two attached hydrogens (primary N) is 2. The van der Waals surface area contributed by atoms with Gasteiger partial charge in [0.1, 0.15) is 5.82 Å². The summed E-state index contributed by atoms with van der Waals surface area (Å²) in [7, 11) is 0. The van der Waals surface area contributed by atoms with Crippen LogP contribution in [0.5, 0.6) is 0 Å². The average Bonchev–Trinajstić information content (AvgIpc) is 2.85. The average molecular weight is 270 g/mol. The van der Waals surface area contributed by atoms with Crippen LogP contribution in [-0.2, 0) is 0 Å². The van der Waals surface area contributed by atoms with E-state index in [-0.39, 0.29) is 0 Å². The van der Waals surface area contributed by atoms with Crippen LogP contribution >= 0.6 is 11.3 Å². The Morgan fingerprint density at radius 2 is 2.00 bits per heavy atom. The van der Waals surface area contributed by atoms with Crippen molar-refractivity contribution in [2.24, 2.45) is 5.73 Å². The van der Waals surface area contributed by atoms with Crippen LogP contribution in [0, 0.1) is 0 Å². The summed E-state index contributed by atoms with van der Waals surface area (Å²) in [6.45, 7) is 0. The van der Waals surface area contributed by atoms with Gasteiger partial charge in [-0.25, -0.2) is 4.98 Å². The van der Waals surface area contributed by atoms with E-state index in [1.807, 2.05) is 18.2 Å². The first-order valence-electron chi connectivity index (χ1n) is 5.55. The predicted molar refractivity (Wildman–Crippen MR) is 75.8 cm³/mol. The first kappa shape index (κ1) is 11.6. The molecule has 0 saturated heterocycles. The molecule has 0 unspecified atom stereocenters. The van der Waals surface area contributed by atoms with Crippen LogP contribution in [0.25, 0.3) is 20.5 Å². The Balaban J connectivity index is 2.29. The van der Waals surface area contributed by atoms with Crippen molar-refractivity contribution in [3.8, 4) is 10.4 Å². The van der Waals surface area contributed by atoms with Crippen molar-refractivity contribution in [1.82, 2.24) is 9.97 Å². The molecule has 0 atom stereocenters. The SMILES string of the molecule is NC(=O)c1cnc(N)c2cc(-c3ccncc3)sc12. The number of nitrogens with zero attached hydrogens (tertiary/aromatic N) is 2. The summed E-state index contributed by atoms with van der Waals surface area (Å²) < 4.78 is 0.770. The fraction of sp³-hybridized carbons (Fsp3) is 0. The standard InChI is InChI=1S/C13H10N4OS/c14-12-8-5-10(7-1-3-16-4-2-7)19-11(8)9(6-17-12)13(15)18/h1-6H,(H2,14,17)(H2,15,18). The van der Waals surface area contributed by atoms with E-state index >= 15 is 0 Å². The van der Waals surface area contributed by atoms with Gasteiger partial charge in [-0.1, -0.05) is 0 Å². The van der Waals surface area contributed by atoms with Crippen molar-refractivity contribution in [2.45, 2.75) is 0 Å². The molecule has 0 fully saturated rings. The third-order valence-electron chi connectivity index (χ3n) is 2.82. The van der Waals surface area contributed by atoms with E-state index in [2.05, 4.69) is 9.97 Å². The molecule has 94 valence electrons. The monoisotopic (exact) mass is 270 g/mol. The molecule has 1 amide bonds. The van der Waals surface area contributed by atoms with Gasteiger partial charge < -0.3 is 11.5 Å². The van der Waals surface area contributed by atoms with Crippen molar-refractivity contribution >= 4 is 33.1 Å². The number of primary amides is 1. The summed E-state index contributed by atoms with van der Waals surface area (Å²) in [6.07, 6.45) is 4.86. The highest BCUT2D eigenvalue weighted by atomic mass is 32.1. The lowest BCUT2D eigenvalue weighted by molar-refractivity contribution is 0.100. The van der Waals surface area contributed by atoms with E-state index < -0.39 is 5.91 Å². The van der Waals surface area contributed by atoms with Gasteiger partial charge in [-0.05, 0) is 23.8 Å². The number of carbonyl (C=O) groups excluding carboxylic acids is 1. The fourth-order valence-corrected chi connectivity index (χ4v) is 3.06. The first-order chi connectivity index (χ1) is 9.16. The fourth-order valence-electron chi connectivity index (χ4n) is 1.88. The first-order valence-corrected chi connectivity index (χ1v) is 6.36. The number of rotatable bonds is 2. The van der Waals surface area contributed by atoms with Crippen molar-refractivity contribution in [3.63, 3.8) is 0 Å². The second-order valence-corrected chi connectivity index (χ2v) is 5.06. The van der Waals surface area contributed by atoms with E-state index in [0.717, 1.165) is 20.5 Å². The number of thiophene rings is 1. The number of fused-ring (bicyclic) bond motifs is 1. The normalized spacial score (nSPS) is 10.7. The Kier molecular flexibility index (Phi) is 2.64. The Labute approximate surface area is 112 Å². The molecule has 0 saturated carbocycles. The Hall–Kier alpha value is -2.47. The van der Waals surface area contributed by atoms with Gasteiger partial charge >= 0.3 is 0 Å². The molecule has 0 aromatic carbocycles. The van der Waals surface area contributed by atoms with Gasteiger partial charge in [-0.2, -0.15) is 0 Å². The molecule has 0 bridgehead atoms. The number of anilines is 1. The quantitative estimate of drug-likeness (QED) is 0.745. The lowest BCUT2D eigenvalue weighted by Gasteiger charge is -1.99. The number of carbonyl (C=O) groups is 1. The lowest BCUT2D eigenvalue weighted by Crippen LogP contribution is -2.11. The van der Waals surface area contributed by atoms with Crippen molar-refractivity contribution in [1.29, 1.82) is 0 Å². The van der Waals surface area contributed by atoms with Crippen LogP contribution in [0.2, 0.25) is 0 Å². The van der Waals surface area contributed by atoms with Crippen LogP contribution in [-0.4, -0.2) is 15.9 Å². The maximum absolute atomic E-state index is 11.4. The number of pyridine rings is 2. The molecule has 0 aliphatic rings. The van der Waals surface area contributed by atoms with Crippen molar-refractivity contribution < 1.29 is 4.79 Å². The van der Waals surface area contributed by atoms with Gasteiger partial charge in [0.15, 0.2) is 0 Å². The largest absolute Gasteiger partial charge is 0.383 e. The zero-order valence-electron chi connectivity index (χ0n) is 9.83. The molecule has 3 aromatic heterocycles. The Morgan fingerprint density at radius 1 is 1.26 bits per heavy atom. The molecule has 0 aliphatic carbocycles. The van der Waals surface area contributed by atoms with Crippen LogP contribution in [0.3, 0.4) is 0 Å². The molecule has 5 nitrogen and oxygen atoms in total. The smallest absolute Gasteiger partial charge is 0.251 e. The van der Waals surface area contributed by atoms with E-state index in [0.29, 0.717) is 11.4 Å². The van der Waals surface area contributed by atoms with Gasteiger partial charge in [-0.15, -0.1) is 11.3 Å². The zero-order chi connectivity index (χ0) is 13.4. The van der Waals surface area contributed by atoms with E-state index in [4.69, 9.17) is 11.5 Å². The van der Waals surface area contributed by atoms with Gasteiger partial charge in [0.2, 0.25) is 0 Å². The number of hydrogen-bond donors (Lipinski definition) is 2. The summed E-state index contributed by atoms with van der Waals surface area (Å²) >= 11 is 1.47. The molecule has 19 heavy (non-hydrogen) atoms. The van der Waals surface area contributed by atoms with Crippen LogP contribution < -0.4 is 11.5 Å². The van der Waals surface area contributed by atoms with Gasteiger partial charge in [0.05, 0.1) is 10.3 Å². The molecule has 4 N–H and O–H groups in total. The molecular formula is C13H10N4OS. The number of aromatic nitrogens is 2. The third kappa shape index (κ3) is 1.92. The Bertz CT molecular complexity index is 767. The topological polar surface area (TPSA) is 94.9 Å². The molecule has 3 heterocycles. The molecule has 0 aliphatic heterocycles. The lowest BCUT2D eigenvalue weighted by atomic mass is 10.2. The van der Waals surface area contributed by atoms with E-state index in [1.165, 1.54) is 17.5 Å². The number of nitrogen functional groups attached to an aromatic ring is 1. The van der Waals surface area contributed by atoms with Gasteiger partial charge in [0, 0.05) is 28.9 Å². The highest BCUT2D eigenvalue weighted by molar-refractivity contribution is 7.22. The summed E-state index contributed by atoms with van der Waals surface area (Å²) in [4.78, 5) is 20.4. The highest BCUT2D eigenvalue weighted by Crippen LogP contribution is 2.36. The molecule has 3 rings (SSSR count). The van der Waals surface area contributed by atoms with E-state index in [9.17, 15) is 4.79 Å². The minimum atomic E-state index is -0.499. The van der Waals surface area contributed by atoms with Gasteiger partial charge in [0.25, 0.3) is 5.91 Å². The summed E-state index contributed by atoms with van der Waals surface area (Å²) in [5.41, 5.74) is 12.6. The minimum absolute atomic E-state index is 0.398. The van der Waals surface area contributed by atoms with Crippen LogP contribution in [0.15, 0.2) is 36.8 Å². The third-order valence-corrected chi connectivity index (χ3v) is 4.03. The second-order valence-electron chi connectivity index (χ2n) is 4.01. The van der Waals surface area contributed by atoms with E-state index in [1.54, 1.807) is 12.4 Å². The van der Waals surface area contributed by atoms with Crippen LogP contribution in [0.4, 0.5) is 5.82 Å². The maximum atomic E-state index is 11.4. The highest BCUT2D eigenvalue weighted by Gasteiger charge is 2.14. The Morgan fingerprint density at radius 3 is 2.68 bits per heavy atom. The van der Waals surface area contributed by atoms with Gasteiger partial charge in [-0.3, -0.25) is 9.78 Å². The molecule has 0 spiro atoms. The number of amides is 1. The molecule has 3 aromatic rings. The van der Waals surface area contributed by atoms with Crippen LogP contribution in [0.1, 0.15) is 10.4 Å². The van der Waals surface area contributed by atoms with Crippen molar-refractivity contribution in [3.05, 3.63) is 42.4 Å². The maximum Gasteiger partial charge on any atom is 0.251 e. The molecular weight excluding hydrogens is 260 g/mol. The minimum Gasteiger partial charge on any atom is -0.383 e. The molecule has 0 radical (unpaired) electrons. The predicted octanol–water partition coefficient (Wildman–Crippen LogP) is 2.04. The number of hydrogen-bond acceptors (Lipinski definition) is 5. The molecule has 6 heteroatoms. The summed E-state index contributed by atoms with van der Waals surface area (Å²) in [6, 6.07) is 5.72.